The van der Waals surface area contributed by atoms with E-state index in [0.29, 0.717) is 12.1 Å². The standard InChI is InChI=1S/C19H21FN6O3S/c20-14-8-22-19-24-11-2-1-3-12(6-11)30(28,29)23-7-10-4-9-5-13(10)16(15(9)17(21)27)25-18(14)26-19/h1-3,6,8-10,13,15-16,23H,4-5,7H2,(H2,21,27)(H2,22,24,25,26). The topological polar surface area (TPSA) is 139 Å². The molecule has 6 bridgehead atoms. The Hall–Kier alpha value is -2.79. The molecule has 1 aromatic heterocycles. The van der Waals surface area contributed by atoms with Gasteiger partial charge in [0.2, 0.25) is 21.9 Å². The van der Waals surface area contributed by atoms with E-state index in [0.717, 1.165) is 12.6 Å². The van der Waals surface area contributed by atoms with Crippen LogP contribution in [0.25, 0.3) is 0 Å². The van der Waals surface area contributed by atoms with Crippen molar-refractivity contribution in [3.63, 3.8) is 0 Å². The molecule has 2 saturated carbocycles. The van der Waals surface area contributed by atoms with Crippen molar-refractivity contribution in [2.75, 3.05) is 17.2 Å². The summed E-state index contributed by atoms with van der Waals surface area (Å²) in [6.07, 6.45) is 2.46. The van der Waals surface area contributed by atoms with Crippen LogP contribution in [0.15, 0.2) is 35.4 Å². The van der Waals surface area contributed by atoms with Crippen LogP contribution in [0.2, 0.25) is 0 Å². The number of fused-ring (bicyclic) bond motifs is 5. The quantitative estimate of drug-likeness (QED) is 0.531. The molecular weight excluding hydrogens is 411 g/mol. The van der Waals surface area contributed by atoms with E-state index in [4.69, 9.17) is 5.73 Å². The molecule has 3 aliphatic rings. The van der Waals surface area contributed by atoms with E-state index in [-0.39, 0.29) is 41.0 Å². The fourth-order valence-electron chi connectivity index (χ4n) is 5.19. The Balaban J connectivity index is 1.60. The fourth-order valence-corrected chi connectivity index (χ4v) is 6.33. The largest absolute Gasteiger partial charge is 0.369 e. The third-order valence-electron chi connectivity index (χ3n) is 6.45. The molecule has 5 unspecified atom stereocenters. The Labute approximate surface area is 172 Å². The van der Waals surface area contributed by atoms with E-state index in [1.54, 1.807) is 12.1 Å². The second-order valence-electron chi connectivity index (χ2n) is 8.15. The number of hydrogen-bond donors (Lipinski definition) is 4. The highest BCUT2D eigenvalue weighted by molar-refractivity contribution is 7.89. The molecule has 1 aliphatic heterocycles. The van der Waals surface area contributed by atoms with E-state index in [1.165, 1.54) is 12.1 Å². The first-order valence-electron chi connectivity index (χ1n) is 9.77. The van der Waals surface area contributed by atoms with Crippen LogP contribution in [0.5, 0.6) is 0 Å². The Bertz CT molecular complexity index is 1130. The molecule has 158 valence electrons. The second-order valence-corrected chi connectivity index (χ2v) is 9.92. The van der Waals surface area contributed by atoms with Crippen LogP contribution < -0.4 is 21.1 Å². The minimum absolute atomic E-state index is 0.00601. The number of hydrogen-bond acceptors (Lipinski definition) is 7. The van der Waals surface area contributed by atoms with Crippen molar-refractivity contribution in [1.29, 1.82) is 0 Å². The lowest BCUT2D eigenvalue weighted by Crippen LogP contribution is -2.47. The van der Waals surface area contributed by atoms with Crippen molar-refractivity contribution in [2.24, 2.45) is 29.4 Å². The maximum absolute atomic E-state index is 14.5. The summed E-state index contributed by atoms with van der Waals surface area (Å²) in [6.45, 7) is 0.238. The van der Waals surface area contributed by atoms with Crippen molar-refractivity contribution in [3.8, 4) is 0 Å². The molecule has 5 rings (SSSR count). The van der Waals surface area contributed by atoms with Crippen molar-refractivity contribution >= 4 is 33.4 Å². The normalized spacial score (nSPS) is 31.3. The monoisotopic (exact) mass is 432 g/mol. The summed E-state index contributed by atoms with van der Waals surface area (Å²) in [5, 5.41) is 5.98. The summed E-state index contributed by atoms with van der Waals surface area (Å²) < 4.78 is 42.8. The third kappa shape index (κ3) is 3.18. The maximum Gasteiger partial charge on any atom is 0.240 e. The highest BCUT2D eigenvalue weighted by Crippen LogP contribution is 2.52. The van der Waals surface area contributed by atoms with Gasteiger partial charge in [0.15, 0.2) is 11.6 Å². The number of rotatable bonds is 1. The molecule has 9 nitrogen and oxygen atoms in total. The lowest BCUT2D eigenvalue weighted by atomic mass is 9.78. The molecule has 30 heavy (non-hydrogen) atoms. The van der Waals surface area contributed by atoms with E-state index in [9.17, 15) is 17.6 Å². The number of carbonyl (C=O) groups is 1. The highest BCUT2D eigenvalue weighted by atomic mass is 32.2. The average Bonchev–Trinajstić information content (AvgIpc) is 3.27. The molecule has 0 radical (unpaired) electrons. The lowest BCUT2D eigenvalue weighted by Gasteiger charge is -2.35. The Morgan fingerprint density at radius 2 is 2.07 bits per heavy atom. The summed E-state index contributed by atoms with van der Waals surface area (Å²) in [5.41, 5.74) is 6.10. The number of anilines is 3. The first kappa shape index (κ1) is 19.2. The van der Waals surface area contributed by atoms with Crippen LogP contribution in [0.3, 0.4) is 0 Å². The number of sulfonamides is 1. The van der Waals surface area contributed by atoms with Gasteiger partial charge in [0.25, 0.3) is 0 Å². The van der Waals surface area contributed by atoms with Crippen LogP contribution in [-0.2, 0) is 14.8 Å². The lowest BCUT2D eigenvalue weighted by molar-refractivity contribution is -0.123. The SMILES string of the molecule is NC(=O)C1C2CC3CNS(=O)(=O)c4cccc(c4)Nc4ncc(F)c(n4)NC1C3C2. The zero-order valence-corrected chi connectivity index (χ0v) is 16.7. The van der Waals surface area contributed by atoms with Gasteiger partial charge in [-0.2, -0.15) is 4.98 Å². The van der Waals surface area contributed by atoms with Crippen LogP contribution in [-0.4, -0.2) is 36.9 Å². The smallest absolute Gasteiger partial charge is 0.240 e. The molecule has 0 spiro atoms. The van der Waals surface area contributed by atoms with Gasteiger partial charge in [0.1, 0.15) is 0 Å². The molecule has 2 aromatic rings. The van der Waals surface area contributed by atoms with Crippen LogP contribution in [0.4, 0.5) is 21.8 Å². The molecule has 1 amide bonds. The van der Waals surface area contributed by atoms with Crippen LogP contribution in [0, 0.1) is 29.5 Å². The van der Waals surface area contributed by atoms with Crippen molar-refractivity contribution < 1.29 is 17.6 Å². The highest BCUT2D eigenvalue weighted by Gasteiger charge is 2.55. The predicted molar refractivity (Wildman–Crippen MR) is 107 cm³/mol. The van der Waals surface area contributed by atoms with E-state index in [2.05, 4.69) is 25.3 Å². The number of primary amides is 1. The number of nitrogens with two attached hydrogens (primary N) is 1. The number of nitrogens with zero attached hydrogens (tertiary/aromatic N) is 2. The fraction of sp³-hybridized carbons (Fsp3) is 0.421. The number of halogens is 1. The van der Waals surface area contributed by atoms with Gasteiger partial charge >= 0.3 is 0 Å². The number of aromatic nitrogens is 2. The van der Waals surface area contributed by atoms with Gasteiger partial charge in [0, 0.05) is 18.3 Å². The van der Waals surface area contributed by atoms with Gasteiger partial charge in [-0.3, -0.25) is 4.79 Å². The molecule has 2 fully saturated rings. The molecule has 1 aromatic carbocycles. The average molecular weight is 432 g/mol. The summed E-state index contributed by atoms with van der Waals surface area (Å²) in [6, 6.07) is 5.83. The Morgan fingerprint density at radius 3 is 2.87 bits per heavy atom. The number of nitrogens with one attached hydrogen (secondary N) is 3. The van der Waals surface area contributed by atoms with Crippen molar-refractivity contribution in [2.45, 2.75) is 23.8 Å². The molecule has 0 saturated heterocycles. The van der Waals surface area contributed by atoms with Gasteiger partial charge in [-0.25, -0.2) is 22.5 Å². The first-order valence-corrected chi connectivity index (χ1v) is 11.3. The molecular formula is C19H21FN6O3S. The van der Waals surface area contributed by atoms with Crippen molar-refractivity contribution in [1.82, 2.24) is 14.7 Å². The van der Waals surface area contributed by atoms with Gasteiger partial charge in [-0.05, 0) is 48.8 Å². The molecule has 11 heteroatoms. The second kappa shape index (κ2) is 6.88. The molecule has 5 N–H and O–H groups in total. The minimum atomic E-state index is -3.72. The summed E-state index contributed by atoms with van der Waals surface area (Å²) >= 11 is 0. The zero-order valence-electron chi connectivity index (χ0n) is 15.9. The zero-order chi connectivity index (χ0) is 21.0. The predicted octanol–water partition coefficient (Wildman–Crippen LogP) is 1.19. The number of amides is 1. The molecule has 5 atom stereocenters. The van der Waals surface area contributed by atoms with Crippen LogP contribution in [0.1, 0.15) is 12.8 Å². The van der Waals surface area contributed by atoms with Crippen LogP contribution >= 0.6 is 0 Å². The van der Waals surface area contributed by atoms with E-state index in [1.807, 2.05) is 0 Å². The van der Waals surface area contributed by atoms with Gasteiger partial charge < -0.3 is 16.4 Å². The van der Waals surface area contributed by atoms with E-state index >= 15 is 0 Å². The van der Waals surface area contributed by atoms with Gasteiger partial charge in [-0.15, -0.1) is 0 Å². The minimum Gasteiger partial charge on any atom is -0.369 e. The van der Waals surface area contributed by atoms with Gasteiger partial charge in [0.05, 0.1) is 17.0 Å². The van der Waals surface area contributed by atoms with Gasteiger partial charge in [-0.1, -0.05) is 6.07 Å². The Morgan fingerprint density at radius 1 is 1.23 bits per heavy atom. The number of carbonyl (C=O) groups excluding carboxylic acids is 1. The Kier molecular flexibility index (Phi) is 4.40. The van der Waals surface area contributed by atoms with Crippen molar-refractivity contribution in [3.05, 3.63) is 36.3 Å². The summed E-state index contributed by atoms with van der Waals surface area (Å²) in [5.74, 6) is -1.44. The summed E-state index contributed by atoms with van der Waals surface area (Å²) in [7, 11) is -3.72. The van der Waals surface area contributed by atoms with E-state index < -0.39 is 33.7 Å². The molecule has 2 aliphatic carbocycles. The first-order chi connectivity index (χ1) is 14.3. The third-order valence-corrected chi connectivity index (χ3v) is 7.88. The number of benzene rings is 1. The summed E-state index contributed by atoms with van der Waals surface area (Å²) in [4.78, 5) is 20.4. The maximum atomic E-state index is 14.5. The molecule has 2 heterocycles.